The van der Waals surface area contributed by atoms with Crippen LogP contribution in [0.1, 0.15) is 18.3 Å². The van der Waals surface area contributed by atoms with E-state index < -0.39 is 37.0 Å². The van der Waals surface area contributed by atoms with Gasteiger partial charge in [-0.15, -0.1) is 15.7 Å². The van der Waals surface area contributed by atoms with Crippen LogP contribution in [-0.2, 0) is 31.1 Å². The normalized spacial score (nSPS) is 14.6. The maximum Gasteiger partial charge on any atom is 0.286 e. The van der Waals surface area contributed by atoms with Gasteiger partial charge in [-0.2, -0.15) is 8.42 Å². The number of fused-ring (bicyclic) bond motifs is 2. The molecule has 1 aliphatic heterocycles. The number of nitrogens with zero attached hydrogens (tertiary/aromatic N) is 4. The number of nitrogens with one attached hydrogen (secondary N) is 1. The largest absolute Gasteiger partial charge is 0.342 e. The summed E-state index contributed by atoms with van der Waals surface area (Å²) in [6.45, 7) is 3.13. The summed E-state index contributed by atoms with van der Waals surface area (Å²) in [7, 11) is -7.79. The highest BCUT2D eigenvalue weighted by Gasteiger charge is 2.26. The van der Waals surface area contributed by atoms with Gasteiger partial charge in [0.1, 0.15) is 32.3 Å². The minimum absolute atomic E-state index is 0.0229. The molecule has 38 heavy (non-hydrogen) atoms. The molecule has 11 nitrogen and oxygen atoms in total. The molecule has 15 heteroatoms. The van der Waals surface area contributed by atoms with Crippen molar-refractivity contribution in [2.75, 3.05) is 11.1 Å². The second-order valence-corrected chi connectivity index (χ2v) is 14.0. The molecule has 1 N–H and O–H groups in total. The molecule has 4 aromatic rings. The Balaban J connectivity index is 1.43. The number of amidine groups is 1. The van der Waals surface area contributed by atoms with Gasteiger partial charge < -0.3 is 5.32 Å². The van der Waals surface area contributed by atoms with E-state index in [4.69, 9.17) is 11.6 Å². The highest BCUT2D eigenvalue weighted by atomic mass is 35.5. The molecule has 4 heterocycles. The van der Waals surface area contributed by atoms with Gasteiger partial charge in [0.25, 0.3) is 15.6 Å². The highest BCUT2D eigenvalue weighted by molar-refractivity contribution is 7.94. The van der Waals surface area contributed by atoms with Crippen LogP contribution in [0.5, 0.6) is 0 Å². The number of benzene rings is 1. The molecule has 196 valence electrons. The van der Waals surface area contributed by atoms with E-state index in [-0.39, 0.29) is 38.3 Å². The van der Waals surface area contributed by atoms with Crippen LogP contribution in [0.25, 0.3) is 16.7 Å². The van der Waals surface area contributed by atoms with Crippen LogP contribution in [0.3, 0.4) is 0 Å². The number of aromatic nitrogens is 3. The average molecular weight is 592 g/mol. The molecule has 0 fully saturated rings. The van der Waals surface area contributed by atoms with Crippen molar-refractivity contribution in [1.82, 2.24) is 14.5 Å². The first-order valence-corrected chi connectivity index (χ1v) is 15.2. The number of ketones is 1. The molecule has 3 aromatic heterocycles. The summed E-state index contributed by atoms with van der Waals surface area (Å²) >= 11 is 6.68. The summed E-state index contributed by atoms with van der Waals surface area (Å²) in [5.41, 5.74) is 0.506. The summed E-state index contributed by atoms with van der Waals surface area (Å²) in [6.07, 6.45) is 1.20. The zero-order valence-electron chi connectivity index (χ0n) is 19.8. The van der Waals surface area contributed by atoms with E-state index in [1.54, 1.807) is 13.0 Å². The minimum Gasteiger partial charge on any atom is -0.342 e. The number of carbonyl (C=O) groups is 1. The van der Waals surface area contributed by atoms with Gasteiger partial charge in [0.15, 0.2) is 15.6 Å². The number of carbonyl (C=O) groups excluding carboxylic acids is 1. The monoisotopic (exact) mass is 591 g/mol. The molecule has 0 atom stereocenters. The summed E-state index contributed by atoms with van der Waals surface area (Å²) < 4.78 is 55.1. The van der Waals surface area contributed by atoms with Gasteiger partial charge in [0.2, 0.25) is 0 Å². The second-order valence-electron chi connectivity index (χ2n) is 8.50. The van der Waals surface area contributed by atoms with Gasteiger partial charge in [-0.1, -0.05) is 17.7 Å². The summed E-state index contributed by atoms with van der Waals surface area (Å²) in [6, 6.07) is 8.60. The second kappa shape index (κ2) is 9.38. The zero-order valence-corrected chi connectivity index (χ0v) is 23.0. The summed E-state index contributed by atoms with van der Waals surface area (Å²) in [4.78, 5) is 34.4. The number of hydrogen-bond acceptors (Lipinski definition) is 10. The molecule has 0 saturated carbocycles. The number of rotatable bonds is 6. The van der Waals surface area contributed by atoms with E-state index in [1.807, 2.05) is 0 Å². The molecule has 0 spiro atoms. The standard InChI is InChI=1S/C23H18ClN5O6S3/c1-12-26-18-9-17-16(8-19(18)38(34,35)28-12)23(31)29(13(2)27-17)21-5-3-14(10-25-21)7-15(30)11-37(32,33)22-6-4-20(24)36-22/h3-6,8-10H,7,11H2,1-2H3,(H,26,28). The number of anilines is 1. The van der Waals surface area contributed by atoms with Crippen LogP contribution in [0, 0.1) is 6.92 Å². The number of Topliss-reactive ketones (excluding diaryl/α,β-unsaturated/α-hetero) is 1. The third-order valence-electron chi connectivity index (χ3n) is 5.63. The fourth-order valence-electron chi connectivity index (χ4n) is 4.03. The number of halogens is 1. The number of sulfonamides is 1. The van der Waals surface area contributed by atoms with Crippen LogP contribution in [0.15, 0.2) is 60.9 Å². The van der Waals surface area contributed by atoms with Crippen molar-refractivity contribution < 1.29 is 21.6 Å². The molecule has 1 aliphatic rings. The average Bonchev–Trinajstić information content (AvgIpc) is 3.26. The van der Waals surface area contributed by atoms with Gasteiger partial charge in [0.05, 0.1) is 20.9 Å². The summed E-state index contributed by atoms with van der Waals surface area (Å²) in [5, 5.41) is 2.94. The maximum absolute atomic E-state index is 13.4. The smallest absolute Gasteiger partial charge is 0.286 e. The number of hydrogen-bond donors (Lipinski definition) is 1. The Hall–Kier alpha value is -3.46. The van der Waals surface area contributed by atoms with Crippen molar-refractivity contribution >= 4 is 71.0 Å². The lowest BCUT2D eigenvalue weighted by Crippen LogP contribution is -2.25. The Morgan fingerprint density at radius 2 is 1.92 bits per heavy atom. The number of pyridine rings is 1. The Kier molecular flexibility index (Phi) is 6.46. The zero-order chi connectivity index (χ0) is 27.4. The van der Waals surface area contributed by atoms with E-state index in [0.29, 0.717) is 21.2 Å². The van der Waals surface area contributed by atoms with Gasteiger partial charge in [-0.3, -0.25) is 9.59 Å². The molecular weight excluding hydrogens is 574 g/mol. The number of aryl methyl sites for hydroxylation is 1. The lowest BCUT2D eigenvalue weighted by Gasteiger charge is -2.17. The predicted molar refractivity (Wildman–Crippen MR) is 144 cm³/mol. The van der Waals surface area contributed by atoms with Gasteiger partial charge in [-0.05, 0) is 49.7 Å². The molecule has 0 aliphatic carbocycles. The third kappa shape index (κ3) is 4.87. The third-order valence-corrected chi connectivity index (χ3v) is 10.5. The Labute approximate surface area is 225 Å². The van der Waals surface area contributed by atoms with Crippen molar-refractivity contribution in [3.8, 4) is 5.82 Å². The molecule has 5 rings (SSSR count). The van der Waals surface area contributed by atoms with Crippen molar-refractivity contribution in [3.63, 3.8) is 0 Å². The van der Waals surface area contributed by atoms with Crippen molar-refractivity contribution in [2.45, 2.75) is 29.4 Å². The van der Waals surface area contributed by atoms with Gasteiger partial charge in [-0.25, -0.2) is 23.0 Å². The maximum atomic E-state index is 13.4. The SMILES string of the molecule is CC1=NS(=O)(=O)c2cc3c(=O)n(-c4ccc(CC(=O)CS(=O)(=O)c5ccc(Cl)s5)cn4)c(C)nc3cc2N1. The Morgan fingerprint density at radius 1 is 1.16 bits per heavy atom. The van der Waals surface area contributed by atoms with Crippen LogP contribution in [0.2, 0.25) is 4.34 Å². The molecule has 0 saturated heterocycles. The van der Waals surface area contributed by atoms with E-state index in [1.165, 1.54) is 48.0 Å². The first-order chi connectivity index (χ1) is 17.8. The van der Waals surface area contributed by atoms with Crippen LogP contribution >= 0.6 is 22.9 Å². The van der Waals surface area contributed by atoms with Gasteiger partial charge >= 0.3 is 0 Å². The number of thiophene rings is 1. The Morgan fingerprint density at radius 3 is 2.58 bits per heavy atom. The number of sulfone groups is 1. The quantitative estimate of drug-likeness (QED) is 0.356. The minimum atomic E-state index is -3.98. The van der Waals surface area contributed by atoms with E-state index in [2.05, 4.69) is 19.7 Å². The predicted octanol–water partition coefficient (Wildman–Crippen LogP) is 2.92. The fraction of sp³-hybridized carbons (Fsp3) is 0.174. The lowest BCUT2D eigenvalue weighted by molar-refractivity contribution is -0.116. The van der Waals surface area contributed by atoms with Gasteiger partial charge in [0, 0.05) is 12.6 Å². The van der Waals surface area contributed by atoms with E-state index >= 15 is 0 Å². The van der Waals surface area contributed by atoms with Crippen LogP contribution < -0.4 is 10.9 Å². The first kappa shape index (κ1) is 26.2. The molecule has 0 amide bonds. The summed E-state index contributed by atoms with van der Waals surface area (Å²) in [5.74, 6) is -0.486. The molecular formula is C23H18ClN5O6S3. The first-order valence-electron chi connectivity index (χ1n) is 11.0. The van der Waals surface area contributed by atoms with E-state index in [0.717, 1.165) is 11.3 Å². The topological polar surface area (TPSA) is 158 Å². The fourth-order valence-corrected chi connectivity index (χ4v) is 8.00. The molecule has 1 aromatic carbocycles. The molecule has 0 radical (unpaired) electrons. The van der Waals surface area contributed by atoms with Crippen molar-refractivity contribution in [1.29, 1.82) is 0 Å². The van der Waals surface area contributed by atoms with Crippen molar-refractivity contribution in [3.05, 3.63) is 68.7 Å². The van der Waals surface area contributed by atoms with Crippen LogP contribution in [0.4, 0.5) is 5.69 Å². The molecule has 0 unspecified atom stereocenters. The van der Waals surface area contributed by atoms with Crippen molar-refractivity contribution in [2.24, 2.45) is 4.40 Å². The highest BCUT2D eigenvalue weighted by Crippen LogP contribution is 2.30. The molecule has 0 bridgehead atoms. The Bertz CT molecular complexity index is 1950. The lowest BCUT2D eigenvalue weighted by atomic mass is 10.1. The van der Waals surface area contributed by atoms with Crippen LogP contribution in [-0.4, -0.2) is 48.7 Å². The van der Waals surface area contributed by atoms with E-state index in [9.17, 15) is 26.4 Å².